The van der Waals surface area contributed by atoms with Gasteiger partial charge in [-0.2, -0.15) is 0 Å². The van der Waals surface area contributed by atoms with Crippen molar-refractivity contribution in [2.75, 3.05) is 25.7 Å². The monoisotopic (exact) mass is 387 g/mol. The van der Waals surface area contributed by atoms with Gasteiger partial charge in [0.2, 0.25) is 0 Å². The second-order valence-corrected chi connectivity index (χ2v) is 13.6. The summed E-state index contributed by atoms with van der Waals surface area (Å²) in [6.45, 7) is 6.93. The second-order valence-electron chi connectivity index (χ2n) is 8.83. The van der Waals surface area contributed by atoms with Crippen molar-refractivity contribution >= 4 is 13.2 Å². The van der Waals surface area contributed by atoms with Crippen LogP contribution in [-0.2, 0) is 4.79 Å². The lowest BCUT2D eigenvalue weighted by atomic mass is 10.0. The first-order valence-electron chi connectivity index (χ1n) is 11.5. The van der Waals surface area contributed by atoms with Crippen molar-refractivity contribution in [2.24, 2.45) is 0 Å². The van der Waals surface area contributed by atoms with Crippen LogP contribution in [0.2, 0.25) is 0 Å². The maximum Gasteiger partial charge on any atom is 0.307 e. The van der Waals surface area contributed by atoms with Gasteiger partial charge in [0.25, 0.3) is 0 Å². The summed E-state index contributed by atoms with van der Waals surface area (Å²) in [5.74, 6) is -0.634. The Morgan fingerprint density at radius 2 is 0.962 bits per heavy atom. The molecule has 0 unspecified atom stereocenters. The molecular weight excluding hydrogens is 339 g/mol. The highest BCUT2D eigenvalue weighted by molar-refractivity contribution is 7.74. The first-order chi connectivity index (χ1) is 12.5. The number of unbranched alkanes of at least 4 members (excludes halogenated alkanes) is 15. The van der Waals surface area contributed by atoms with E-state index in [1.165, 1.54) is 109 Å². The van der Waals surface area contributed by atoms with E-state index < -0.39 is 13.2 Å². The van der Waals surface area contributed by atoms with Crippen LogP contribution in [0.25, 0.3) is 0 Å². The molecular formula is C23H48O2P+. The van der Waals surface area contributed by atoms with Gasteiger partial charge < -0.3 is 5.11 Å². The van der Waals surface area contributed by atoms with Crippen LogP contribution in [0.1, 0.15) is 116 Å². The van der Waals surface area contributed by atoms with E-state index >= 15 is 0 Å². The lowest BCUT2D eigenvalue weighted by Crippen LogP contribution is -2.06. The highest BCUT2D eigenvalue weighted by Crippen LogP contribution is 2.52. The van der Waals surface area contributed by atoms with Crippen molar-refractivity contribution in [3.05, 3.63) is 0 Å². The van der Waals surface area contributed by atoms with Crippen molar-refractivity contribution < 1.29 is 9.90 Å². The molecule has 0 saturated carbocycles. The van der Waals surface area contributed by atoms with Gasteiger partial charge in [-0.1, -0.05) is 96.8 Å². The zero-order valence-electron chi connectivity index (χ0n) is 18.2. The van der Waals surface area contributed by atoms with Crippen LogP contribution in [0.4, 0.5) is 0 Å². The molecule has 0 saturated heterocycles. The third-order valence-corrected chi connectivity index (χ3v) is 8.51. The van der Waals surface area contributed by atoms with E-state index in [0.29, 0.717) is 6.42 Å². The minimum absolute atomic E-state index is 0.361. The van der Waals surface area contributed by atoms with Crippen LogP contribution in [-0.4, -0.2) is 36.7 Å². The molecule has 0 aliphatic carbocycles. The summed E-state index contributed by atoms with van der Waals surface area (Å²) < 4.78 is 0. The summed E-state index contributed by atoms with van der Waals surface area (Å²) in [5, 5.41) is 8.81. The van der Waals surface area contributed by atoms with Crippen LogP contribution in [0.15, 0.2) is 0 Å². The van der Waals surface area contributed by atoms with Crippen LogP contribution in [0, 0.1) is 0 Å². The molecule has 0 atom stereocenters. The third kappa shape index (κ3) is 20.2. The van der Waals surface area contributed by atoms with Gasteiger partial charge in [-0.3, -0.25) is 4.79 Å². The Morgan fingerprint density at radius 1 is 0.615 bits per heavy atom. The lowest BCUT2D eigenvalue weighted by molar-refractivity contribution is -0.136. The molecule has 3 heteroatoms. The molecule has 2 nitrogen and oxygen atoms in total. The minimum atomic E-state index is -0.965. The molecule has 0 aliphatic heterocycles. The fraction of sp³-hybridized carbons (Fsp3) is 0.957. The summed E-state index contributed by atoms with van der Waals surface area (Å²) in [5.41, 5.74) is 0. The Morgan fingerprint density at radius 3 is 1.31 bits per heavy atom. The Labute approximate surface area is 165 Å². The molecule has 1 N–H and O–H groups in total. The molecule has 0 heterocycles. The second kappa shape index (κ2) is 18.3. The maximum absolute atomic E-state index is 10.7. The van der Waals surface area contributed by atoms with E-state index in [-0.39, 0.29) is 0 Å². The number of hydrogen-bond donors (Lipinski definition) is 1. The van der Waals surface area contributed by atoms with Crippen molar-refractivity contribution in [1.29, 1.82) is 0 Å². The standard InChI is InChI=1S/C23H47O2P/c1-4-5-6-7-8-9-10-11-12-13-14-15-16-17-18-19-21-26(2,3)22-20-23(24)25/h4-22H2,1-3H3/p+1. The van der Waals surface area contributed by atoms with Crippen LogP contribution in [0.5, 0.6) is 0 Å². The van der Waals surface area contributed by atoms with E-state index in [1.54, 1.807) is 0 Å². The largest absolute Gasteiger partial charge is 0.481 e. The van der Waals surface area contributed by atoms with Crippen molar-refractivity contribution in [1.82, 2.24) is 0 Å². The van der Waals surface area contributed by atoms with Gasteiger partial charge >= 0.3 is 5.97 Å². The average molecular weight is 388 g/mol. The molecule has 0 aromatic rings. The van der Waals surface area contributed by atoms with Gasteiger partial charge in [0.05, 0.1) is 18.7 Å². The zero-order valence-corrected chi connectivity index (χ0v) is 19.1. The summed E-state index contributed by atoms with van der Waals surface area (Å²) in [4.78, 5) is 10.7. The topological polar surface area (TPSA) is 37.3 Å². The van der Waals surface area contributed by atoms with Crippen LogP contribution >= 0.6 is 7.26 Å². The first kappa shape index (κ1) is 25.9. The molecule has 0 amide bonds. The lowest BCUT2D eigenvalue weighted by Gasteiger charge is -2.16. The third-order valence-electron chi connectivity index (χ3n) is 5.55. The van der Waals surface area contributed by atoms with Crippen molar-refractivity contribution in [2.45, 2.75) is 116 Å². The number of carboxylic acid groups (broad SMARTS) is 1. The molecule has 0 radical (unpaired) electrons. The van der Waals surface area contributed by atoms with Gasteiger partial charge in [0, 0.05) is 20.6 Å². The predicted octanol–water partition coefficient (Wildman–Crippen LogP) is 8.00. The van der Waals surface area contributed by atoms with Gasteiger partial charge in [-0.05, 0) is 12.8 Å². The zero-order chi connectivity index (χ0) is 19.5. The van der Waals surface area contributed by atoms with E-state index in [4.69, 9.17) is 5.11 Å². The number of carboxylic acids is 1. The van der Waals surface area contributed by atoms with Gasteiger partial charge in [0.1, 0.15) is 0 Å². The summed E-state index contributed by atoms with van der Waals surface area (Å²) in [6.07, 6.45) is 25.2. The average Bonchev–Trinajstić information content (AvgIpc) is 2.60. The molecule has 0 rings (SSSR count). The summed E-state index contributed by atoms with van der Waals surface area (Å²) >= 11 is 0. The Kier molecular flexibility index (Phi) is 18.2. The van der Waals surface area contributed by atoms with Gasteiger partial charge in [-0.15, -0.1) is 0 Å². The molecule has 0 aromatic heterocycles. The fourth-order valence-electron chi connectivity index (χ4n) is 3.60. The molecule has 0 aliphatic rings. The fourth-order valence-corrected chi connectivity index (χ4v) is 5.70. The number of aliphatic carboxylic acids is 1. The van der Waals surface area contributed by atoms with E-state index in [1.807, 2.05) is 0 Å². The highest BCUT2D eigenvalue weighted by atomic mass is 31.2. The summed E-state index contributed by atoms with van der Waals surface area (Å²) in [7, 11) is -0.965. The van der Waals surface area contributed by atoms with E-state index in [2.05, 4.69) is 20.3 Å². The van der Waals surface area contributed by atoms with Gasteiger partial charge in [0.15, 0.2) is 0 Å². The molecule has 156 valence electrons. The SMILES string of the molecule is CCCCCCCCCCCCCCCCCC[P+](C)(C)CCC(=O)O. The van der Waals surface area contributed by atoms with Crippen molar-refractivity contribution in [3.63, 3.8) is 0 Å². The highest BCUT2D eigenvalue weighted by Gasteiger charge is 2.24. The molecule has 0 bridgehead atoms. The van der Waals surface area contributed by atoms with Gasteiger partial charge in [-0.25, -0.2) is 0 Å². The van der Waals surface area contributed by atoms with E-state index in [9.17, 15) is 4.79 Å². The number of hydrogen-bond acceptors (Lipinski definition) is 1. The first-order valence-corrected chi connectivity index (χ1v) is 14.6. The minimum Gasteiger partial charge on any atom is -0.481 e. The predicted molar refractivity (Wildman–Crippen MR) is 120 cm³/mol. The van der Waals surface area contributed by atoms with Crippen LogP contribution in [0.3, 0.4) is 0 Å². The smallest absolute Gasteiger partial charge is 0.307 e. The quantitative estimate of drug-likeness (QED) is 0.170. The van der Waals surface area contributed by atoms with Crippen molar-refractivity contribution in [3.8, 4) is 0 Å². The molecule has 26 heavy (non-hydrogen) atoms. The number of rotatable bonds is 20. The Hall–Kier alpha value is -0.100. The van der Waals surface area contributed by atoms with E-state index in [0.717, 1.165) is 6.16 Å². The Bertz CT molecular complexity index is 315. The Balaban J connectivity index is 3.21. The summed E-state index contributed by atoms with van der Waals surface area (Å²) in [6, 6.07) is 0. The van der Waals surface area contributed by atoms with Crippen LogP contribution < -0.4 is 0 Å². The normalized spacial score (nSPS) is 11.8. The maximum atomic E-state index is 10.7. The molecule has 0 aromatic carbocycles. The molecule has 0 spiro atoms. The number of carbonyl (C=O) groups is 1. The molecule has 0 fully saturated rings.